The van der Waals surface area contributed by atoms with Gasteiger partial charge in [0.2, 0.25) is 18.1 Å². The van der Waals surface area contributed by atoms with Gasteiger partial charge in [0.15, 0.2) is 12.0 Å². The highest BCUT2D eigenvalue weighted by Crippen LogP contribution is 2.33. The number of hydrogen-bond acceptors (Lipinski definition) is 7. The van der Waals surface area contributed by atoms with E-state index in [2.05, 4.69) is 34.7 Å². The Bertz CT molecular complexity index is 1180. The maximum absolute atomic E-state index is 13.0. The minimum absolute atomic E-state index is 0.161. The number of carbonyl (C=O) groups is 1. The van der Waals surface area contributed by atoms with Crippen LogP contribution in [0.5, 0.6) is 0 Å². The van der Waals surface area contributed by atoms with Crippen LogP contribution >= 0.6 is 0 Å². The molecule has 0 bridgehead atoms. The fraction of sp³-hybridized carbons (Fsp3) is 0.435. The van der Waals surface area contributed by atoms with E-state index in [4.69, 9.17) is 9.97 Å². The van der Waals surface area contributed by atoms with Crippen molar-refractivity contribution in [2.45, 2.75) is 57.9 Å². The zero-order chi connectivity index (χ0) is 22.9. The minimum Gasteiger partial charge on any atom is -0.619 e. The number of fused-ring (bicyclic) bond motifs is 1. The highest BCUT2D eigenvalue weighted by atomic mass is 16.5. The third-order valence-corrected chi connectivity index (χ3v) is 6.24. The number of aromatic amines is 1. The molecule has 5 rings (SSSR count). The van der Waals surface area contributed by atoms with Crippen molar-refractivity contribution in [1.29, 1.82) is 0 Å². The standard InChI is InChI=1S/C23H28N8O2/c1-14(2)18-12-20(29-28-18)26-21-16-7-3-8-17(16)25-23(27-21)31-11-5-9-19(31)22(32)24-15-6-4-10-30(33)13-15/h4,6,10,12-14,19H,3,5,7-9,11H2,1-2H3,(H,24,32)(H2,25,26,27,28,29)/t19-/m1/s1. The van der Waals surface area contributed by atoms with Gasteiger partial charge in [-0.2, -0.15) is 14.8 Å². The predicted octanol–water partition coefficient (Wildman–Crippen LogP) is 2.80. The molecule has 172 valence electrons. The van der Waals surface area contributed by atoms with Crippen LogP contribution in [0.4, 0.5) is 23.3 Å². The van der Waals surface area contributed by atoms with Gasteiger partial charge in [-0.3, -0.25) is 9.89 Å². The Labute approximate surface area is 192 Å². The molecular weight excluding hydrogens is 420 g/mol. The van der Waals surface area contributed by atoms with Crippen LogP contribution in [0, 0.1) is 5.21 Å². The molecule has 0 aromatic carbocycles. The number of aryl methyl sites for hydroxylation is 1. The average Bonchev–Trinajstić information content (AvgIpc) is 3.53. The van der Waals surface area contributed by atoms with Crippen LogP contribution in [0.1, 0.15) is 56.0 Å². The largest absolute Gasteiger partial charge is 0.619 e. The molecule has 1 aliphatic heterocycles. The molecule has 1 atom stereocenters. The van der Waals surface area contributed by atoms with Gasteiger partial charge in [-0.1, -0.05) is 13.8 Å². The van der Waals surface area contributed by atoms with Gasteiger partial charge in [-0.15, -0.1) is 0 Å². The van der Waals surface area contributed by atoms with Crippen molar-refractivity contribution in [3.63, 3.8) is 0 Å². The smallest absolute Gasteiger partial charge is 0.247 e. The summed E-state index contributed by atoms with van der Waals surface area (Å²) in [5.74, 6) is 2.23. The first-order valence-corrected chi connectivity index (χ1v) is 11.5. The second-order valence-electron chi connectivity index (χ2n) is 8.93. The van der Waals surface area contributed by atoms with Gasteiger partial charge in [0.25, 0.3) is 0 Å². The predicted molar refractivity (Wildman–Crippen MR) is 124 cm³/mol. The number of aromatic nitrogens is 5. The van der Waals surface area contributed by atoms with E-state index in [9.17, 15) is 10.0 Å². The van der Waals surface area contributed by atoms with Gasteiger partial charge in [0.1, 0.15) is 17.5 Å². The Morgan fingerprint density at radius 1 is 1.30 bits per heavy atom. The number of anilines is 4. The second kappa shape index (κ2) is 8.68. The van der Waals surface area contributed by atoms with Crippen molar-refractivity contribution in [2.24, 2.45) is 0 Å². The summed E-state index contributed by atoms with van der Waals surface area (Å²) in [5.41, 5.74) is 3.68. The number of hydrogen-bond donors (Lipinski definition) is 3. The normalized spacial score (nSPS) is 17.4. The maximum Gasteiger partial charge on any atom is 0.247 e. The number of amides is 1. The molecule has 0 radical (unpaired) electrons. The van der Waals surface area contributed by atoms with Crippen LogP contribution in [0.25, 0.3) is 0 Å². The molecular formula is C23H28N8O2. The number of pyridine rings is 1. The molecule has 10 nitrogen and oxygen atoms in total. The van der Waals surface area contributed by atoms with Crippen molar-refractivity contribution >= 4 is 29.2 Å². The zero-order valence-corrected chi connectivity index (χ0v) is 18.8. The van der Waals surface area contributed by atoms with Gasteiger partial charge in [0, 0.05) is 29.9 Å². The molecule has 3 aromatic rings. The summed E-state index contributed by atoms with van der Waals surface area (Å²) < 4.78 is 0.670. The van der Waals surface area contributed by atoms with Crippen molar-refractivity contribution in [3.05, 3.63) is 52.8 Å². The summed E-state index contributed by atoms with van der Waals surface area (Å²) in [4.78, 5) is 24.7. The maximum atomic E-state index is 13.0. The summed E-state index contributed by atoms with van der Waals surface area (Å²) in [7, 11) is 0. The molecule has 4 heterocycles. The van der Waals surface area contributed by atoms with Crippen LogP contribution in [-0.4, -0.2) is 38.7 Å². The molecule has 3 N–H and O–H groups in total. The van der Waals surface area contributed by atoms with E-state index in [0.29, 0.717) is 35.2 Å². The van der Waals surface area contributed by atoms with Crippen LogP contribution in [-0.2, 0) is 17.6 Å². The minimum atomic E-state index is -0.393. The molecule has 2 aliphatic rings. The molecule has 10 heteroatoms. The fourth-order valence-corrected chi connectivity index (χ4v) is 4.50. The van der Waals surface area contributed by atoms with Crippen LogP contribution in [0.2, 0.25) is 0 Å². The number of rotatable bonds is 6. The Balaban J connectivity index is 1.40. The summed E-state index contributed by atoms with van der Waals surface area (Å²) in [6, 6.07) is 4.92. The quantitative estimate of drug-likeness (QED) is 0.391. The van der Waals surface area contributed by atoms with Gasteiger partial charge < -0.3 is 20.7 Å². The van der Waals surface area contributed by atoms with Gasteiger partial charge in [-0.05, 0) is 44.1 Å². The number of H-pyrrole nitrogens is 1. The molecule has 1 fully saturated rings. The lowest BCUT2D eigenvalue weighted by molar-refractivity contribution is -0.604. The summed E-state index contributed by atoms with van der Waals surface area (Å²) in [6.45, 7) is 4.93. The Kier molecular flexibility index (Phi) is 5.57. The third-order valence-electron chi connectivity index (χ3n) is 6.24. The summed E-state index contributed by atoms with van der Waals surface area (Å²) in [6.07, 6.45) is 7.16. The first-order chi connectivity index (χ1) is 16.0. The molecule has 1 amide bonds. The van der Waals surface area contributed by atoms with Gasteiger partial charge >= 0.3 is 0 Å². The molecule has 3 aromatic heterocycles. The topological polar surface area (TPSA) is 126 Å². The number of nitrogens with one attached hydrogen (secondary N) is 3. The highest BCUT2D eigenvalue weighted by molar-refractivity contribution is 5.96. The molecule has 33 heavy (non-hydrogen) atoms. The van der Waals surface area contributed by atoms with Crippen LogP contribution in [0.15, 0.2) is 30.6 Å². The molecule has 0 unspecified atom stereocenters. The van der Waals surface area contributed by atoms with Crippen molar-refractivity contribution in [1.82, 2.24) is 20.2 Å². The monoisotopic (exact) mass is 448 g/mol. The molecule has 1 aliphatic carbocycles. The van der Waals surface area contributed by atoms with Crippen molar-refractivity contribution in [3.8, 4) is 0 Å². The molecule has 0 spiro atoms. The molecule has 0 saturated carbocycles. The third kappa shape index (κ3) is 4.33. The van der Waals surface area contributed by atoms with E-state index < -0.39 is 6.04 Å². The highest BCUT2D eigenvalue weighted by Gasteiger charge is 2.34. The van der Waals surface area contributed by atoms with Crippen molar-refractivity contribution in [2.75, 3.05) is 22.1 Å². The van der Waals surface area contributed by atoms with E-state index in [1.165, 1.54) is 12.4 Å². The second-order valence-corrected chi connectivity index (χ2v) is 8.93. The number of carbonyl (C=O) groups excluding carboxylic acids is 1. The first-order valence-electron chi connectivity index (χ1n) is 11.5. The van der Waals surface area contributed by atoms with Crippen molar-refractivity contribution < 1.29 is 9.52 Å². The Morgan fingerprint density at radius 3 is 2.97 bits per heavy atom. The SMILES string of the molecule is CC(C)c1cc(Nc2nc(N3CCC[C@@H]3C(=O)Nc3ccc[n+]([O-])c3)nc3c2CCC3)n[nH]1. The molecule has 1 saturated heterocycles. The summed E-state index contributed by atoms with van der Waals surface area (Å²) >= 11 is 0. The van der Waals surface area contributed by atoms with Crippen LogP contribution in [0.3, 0.4) is 0 Å². The fourth-order valence-electron chi connectivity index (χ4n) is 4.50. The summed E-state index contributed by atoms with van der Waals surface area (Å²) in [5, 5.41) is 25.2. The van der Waals surface area contributed by atoms with E-state index in [1.807, 2.05) is 11.0 Å². The zero-order valence-electron chi connectivity index (χ0n) is 18.8. The Morgan fingerprint density at radius 2 is 2.18 bits per heavy atom. The Hall–Kier alpha value is -3.69. The lowest BCUT2D eigenvalue weighted by atomic mass is 10.1. The van der Waals surface area contributed by atoms with E-state index in [0.717, 1.165) is 54.3 Å². The average molecular weight is 449 g/mol. The lowest BCUT2D eigenvalue weighted by Gasteiger charge is -2.25. The first kappa shape index (κ1) is 21.2. The lowest BCUT2D eigenvalue weighted by Crippen LogP contribution is -2.41. The van der Waals surface area contributed by atoms with E-state index >= 15 is 0 Å². The van der Waals surface area contributed by atoms with E-state index in [-0.39, 0.29) is 5.91 Å². The van der Waals surface area contributed by atoms with Crippen LogP contribution < -0.4 is 20.3 Å². The number of nitrogens with zero attached hydrogens (tertiary/aromatic N) is 5. The van der Waals surface area contributed by atoms with Gasteiger partial charge in [-0.25, -0.2) is 4.98 Å². The van der Waals surface area contributed by atoms with E-state index in [1.54, 1.807) is 12.1 Å². The van der Waals surface area contributed by atoms with Gasteiger partial charge in [0.05, 0.1) is 5.69 Å².